The molecule has 1 N–H and O–H groups in total. The molecule has 0 unspecified atom stereocenters. The van der Waals surface area contributed by atoms with Crippen molar-refractivity contribution in [2.45, 2.75) is 18.9 Å². The number of aryl methyl sites for hydroxylation is 1. The van der Waals surface area contributed by atoms with Gasteiger partial charge in [-0.3, -0.25) is 9.59 Å². The third-order valence-corrected chi connectivity index (χ3v) is 4.13. The van der Waals surface area contributed by atoms with Gasteiger partial charge in [-0.25, -0.2) is 4.98 Å². The first-order chi connectivity index (χ1) is 12.2. The fraction of sp³-hybridized carbons (Fsp3) is 0.316. The molecule has 1 aromatic carbocycles. The average Bonchev–Trinajstić information content (AvgIpc) is 2.65. The number of nitrogens with one attached hydrogen (secondary N) is 1. The molecule has 0 spiro atoms. The van der Waals surface area contributed by atoms with E-state index in [1.54, 1.807) is 11.0 Å². The first-order valence-electron chi connectivity index (χ1n) is 8.38. The summed E-state index contributed by atoms with van der Waals surface area (Å²) < 4.78 is 5.74. The van der Waals surface area contributed by atoms with Gasteiger partial charge in [-0.2, -0.15) is 0 Å². The van der Waals surface area contributed by atoms with Crippen molar-refractivity contribution in [1.82, 2.24) is 14.9 Å². The SMILES string of the molecule is O=C(/C=C/c1ccccc1)N1CCO[C@H](CCc2cc(=O)[nH]cn2)C1. The van der Waals surface area contributed by atoms with Crippen LogP contribution in [-0.4, -0.2) is 46.6 Å². The number of hydrogen-bond donors (Lipinski definition) is 1. The number of aromatic amines is 1. The van der Waals surface area contributed by atoms with Crippen LogP contribution in [0.1, 0.15) is 17.7 Å². The lowest BCUT2D eigenvalue weighted by Crippen LogP contribution is -2.45. The summed E-state index contributed by atoms with van der Waals surface area (Å²) in [6.07, 6.45) is 6.18. The lowest BCUT2D eigenvalue weighted by atomic mass is 10.1. The second-order valence-corrected chi connectivity index (χ2v) is 5.96. The Balaban J connectivity index is 1.52. The van der Waals surface area contributed by atoms with Gasteiger partial charge in [0.1, 0.15) is 0 Å². The predicted octanol–water partition coefficient (Wildman–Crippen LogP) is 1.64. The van der Waals surface area contributed by atoms with Crippen molar-refractivity contribution in [1.29, 1.82) is 0 Å². The zero-order chi connectivity index (χ0) is 17.5. The van der Waals surface area contributed by atoms with Crippen molar-refractivity contribution < 1.29 is 9.53 Å². The summed E-state index contributed by atoms with van der Waals surface area (Å²) in [6, 6.07) is 11.2. The molecule has 1 aliphatic heterocycles. The summed E-state index contributed by atoms with van der Waals surface area (Å²) in [5.41, 5.74) is 1.58. The molecule has 130 valence electrons. The van der Waals surface area contributed by atoms with E-state index in [0.717, 1.165) is 17.7 Å². The van der Waals surface area contributed by atoms with Gasteiger partial charge in [0.15, 0.2) is 0 Å². The van der Waals surface area contributed by atoms with E-state index in [1.165, 1.54) is 12.4 Å². The molecule has 0 radical (unpaired) electrons. The normalized spacial score (nSPS) is 17.8. The molecule has 6 nitrogen and oxygen atoms in total. The van der Waals surface area contributed by atoms with E-state index in [0.29, 0.717) is 26.1 Å². The minimum Gasteiger partial charge on any atom is -0.375 e. The standard InChI is InChI=1S/C19H21N3O3/c23-18-12-16(20-14-21-18)7-8-17-13-22(10-11-25-17)19(24)9-6-15-4-2-1-3-5-15/h1-6,9,12,14,17H,7-8,10-11,13H2,(H,20,21,23)/b9-6+/t17-/m1/s1. The Bertz CT molecular complexity index is 786. The van der Waals surface area contributed by atoms with Crippen LogP contribution in [-0.2, 0) is 16.0 Å². The molecule has 25 heavy (non-hydrogen) atoms. The van der Waals surface area contributed by atoms with Gasteiger partial charge in [-0.1, -0.05) is 30.3 Å². The van der Waals surface area contributed by atoms with Gasteiger partial charge in [0.25, 0.3) is 5.56 Å². The molecule has 1 aromatic heterocycles. The van der Waals surface area contributed by atoms with E-state index in [1.807, 2.05) is 36.4 Å². The summed E-state index contributed by atoms with van der Waals surface area (Å²) in [5, 5.41) is 0. The van der Waals surface area contributed by atoms with E-state index in [4.69, 9.17) is 4.74 Å². The van der Waals surface area contributed by atoms with E-state index < -0.39 is 0 Å². The number of aromatic nitrogens is 2. The minimum atomic E-state index is -0.155. The summed E-state index contributed by atoms with van der Waals surface area (Å²) >= 11 is 0. The number of H-pyrrole nitrogens is 1. The maximum atomic E-state index is 12.4. The van der Waals surface area contributed by atoms with Gasteiger partial charge < -0.3 is 14.6 Å². The van der Waals surface area contributed by atoms with Crippen molar-refractivity contribution >= 4 is 12.0 Å². The van der Waals surface area contributed by atoms with Crippen LogP contribution >= 0.6 is 0 Å². The van der Waals surface area contributed by atoms with Crippen molar-refractivity contribution in [2.24, 2.45) is 0 Å². The highest BCUT2D eigenvalue weighted by atomic mass is 16.5. The Morgan fingerprint density at radius 1 is 1.36 bits per heavy atom. The highest BCUT2D eigenvalue weighted by molar-refractivity contribution is 5.91. The molecule has 0 saturated carbocycles. The van der Waals surface area contributed by atoms with Crippen molar-refractivity contribution in [2.75, 3.05) is 19.7 Å². The molecule has 0 bridgehead atoms. The molecule has 6 heteroatoms. The van der Waals surface area contributed by atoms with Crippen LogP contribution in [0.25, 0.3) is 6.08 Å². The second kappa shape index (κ2) is 8.39. The number of rotatable bonds is 5. The van der Waals surface area contributed by atoms with Gasteiger partial charge in [0.2, 0.25) is 5.91 Å². The van der Waals surface area contributed by atoms with E-state index in [2.05, 4.69) is 9.97 Å². The van der Waals surface area contributed by atoms with Crippen molar-refractivity contribution in [3.05, 3.63) is 70.4 Å². The number of ether oxygens (including phenoxy) is 1. The topological polar surface area (TPSA) is 75.3 Å². The van der Waals surface area contributed by atoms with Crippen LogP contribution < -0.4 is 5.56 Å². The van der Waals surface area contributed by atoms with Crippen molar-refractivity contribution in [3.8, 4) is 0 Å². The molecule has 1 saturated heterocycles. The number of amides is 1. The second-order valence-electron chi connectivity index (χ2n) is 5.96. The molecule has 0 aliphatic carbocycles. The highest BCUT2D eigenvalue weighted by Gasteiger charge is 2.22. The summed E-state index contributed by atoms with van der Waals surface area (Å²) in [5.74, 6) is -0.00793. The van der Waals surface area contributed by atoms with Gasteiger partial charge in [0.05, 0.1) is 19.0 Å². The van der Waals surface area contributed by atoms with Crippen molar-refractivity contribution in [3.63, 3.8) is 0 Å². The fourth-order valence-corrected chi connectivity index (χ4v) is 2.79. The molecular weight excluding hydrogens is 318 g/mol. The molecule has 2 aromatic rings. The molecule has 1 amide bonds. The number of benzene rings is 1. The quantitative estimate of drug-likeness (QED) is 0.841. The Morgan fingerprint density at radius 3 is 3.00 bits per heavy atom. The number of carbonyl (C=O) groups excluding carboxylic acids is 1. The third-order valence-electron chi connectivity index (χ3n) is 4.13. The first kappa shape index (κ1) is 17.1. The summed E-state index contributed by atoms with van der Waals surface area (Å²) in [7, 11) is 0. The van der Waals surface area contributed by atoms with Gasteiger partial charge in [-0.05, 0) is 24.5 Å². The summed E-state index contributed by atoms with van der Waals surface area (Å²) in [4.78, 5) is 32.1. The van der Waals surface area contributed by atoms with Crippen LogP contribution in [0.2, 0.25) is 0 Å². The Hall–Kier alpha value is -2.73. The molecule has 1 fully saturated rings. The monoisotopic (exact) mass is 339 g/mol. The van der Waals surface area contributed by atoms with Gasteiger partial charge in [0, 0.05) is 30.9 Å². The summed E-state index contributed by atoms with van der Waals surface area (Å²) in [6.45, 7) is 1.68. The molecular formula is C19H21N3O3. The molecule has 1 atom stereocenters. The number of hydrogen-bond acceptors (Lipinski definition) is 4. The van der Waals surface area contributed by atoms with E-state index in [9.17, 15) is 9.59 Å². The number of nitrogens with zero attached hydrogens (tertiary/aromatic N) is 2. The van der Waals surface area contributed by atoms with Gasteiger partial charge in [-0.15, -0.1) is 0 Å². The number of carbonyl (C=O) groups is 1. The third kappa shape index (κ3) is 5.12. The lowest BCUT2D eigenvalue weighted by Gasteiger charge is -2.32. The van der Waals surface area contributed by atoms with Crippen LogP contribution in [0, 0.1) is 0 Å². The smallest absolute Gasteiger partial charge is 0.250 e. The fourth-order valence-electron chi connectivity index (χ4n) is 2.79. The van der Waals surface area contributed by atoms with Crippen LogP contribution in [0.15, 0.2) is 53.6 Å². The van der Waals surface area contributed by atoms with Crippen LogP contribution in [0.5, 0.6) is 0 Å². The zero-order valence-corrected chi connectivity index (χ0v) is 13.9. The zero-order valence-electron chi connectivity index (χ0n) is 13.9. The Labute approximate surface area is 146 Å². The average molecular weight is 339 g/mol. The maximum absolute atomic E-state index is 12.4. The highest BCUT2D eigenvalue weighted by Crippen LogP contribution is 2.12. The Morgan fingerprint density at radius 2 is 2.20 bits per heavy atom. The minimum absolute atomic E-state index is 0.00793. The Kier molecular flexibility index (Phi) is 5.74. The lowest BCUT2D eigenvalue weighted by molar-refractivity contribution is -0.133. The van der Waals surface area contributed by atoms with E-state index in [-0.39, 0.29) is 17.6 Å². The predicted molar refractivity (Wildman–Crippen MR) is 95.0 cm³/mol. The van der Waals surface area contributed by atoms with Gasteiger partial charge >= 0.3 is 0 Å². The molecule has 2 heterocycles. The molecule has 3 rings (SSSR count). The molecule has 1 aliphatic rings. The first-order valence-corrected chi connectivity index (χ1v) is 8.38. The maximum Gasteiger partial charge on any atom is 0.250 e. The van der Waals surface area contributed by atoms with Crippen LogP contribution in [0.3, 0.4) is 0 Å². The van der Waals surface area contributed by atoms with E-state index >= 15 is 0 Å². The van der Waals surface area contributed by atoms with Crippen LogP contribution in [0.4, 0.5) is 0 Å². The number of morpholine rings is 1. The largest absolute Gasteiger partial charge is 0.375 e.